The second-order valence-electron chi connectivity index (χ2n) is 3.52. The maximum Gasteiger partial charge on any atom is 0.333 e. The number of carboxylic acids is 1. The molecule has 0 radical (unpaired) electrons. The van der Waals surface area contributed by atoms with E-state index in [1.807, 2.05) is 0 Å². The van der Waals surface area contributed by atoms with E-state index in [9.17, 15) is 14.4 Å². The number of esters is 2. The summed E-state index contributed by atoms with van der Waals surface area (Å²) in [6.07, 6.45) is -0.181. The molecular formula is C11H16O6. The first kappa shape index (κ1) is 15.2. The zero-order valence-electron chi connectivity index (χ0n) is 9.89. The summed E-state index contributed by atoms with van der Waals surface area (Å²) in [7, 11) is 1.18. The molecule has 0 saturated carbocycles. The van der Waals surface area contributed by atoms with Crippen molar-refractivity contribution >= 4 is 17.9 Å². The van der Waals surface area contributed by atoms with E-state index in [1.165, 1.54) is 14.0 Å². The molecule has 0 aliphatic rings. The average molecular weight is 244 g/mol. The number of carbonyl (C=O) groups excluding carboxylic acids is 2. The van der Waals surface area contributed by atoms with E-state index in [2.05, 4.69) is 11.3 Å². The Balaban J connectivity index is 4.11. The zero-order valence-corrected chi connectivity index (χ0v) is 9.89. The molecule has 0 bridgehead atoms. The van der Waals surface area contributed by atoms with Gasteiger partial charge in [0.05, 0.1) is 26.1 Å². The summed E-state index contributed by atoms with van der Waals surface area (Å²) in [4.78, 5) is 32.7. The molecule has 6 nitrogen and oxygen atoms in total. The van der Waals surface area contributed by atoms with Crippen LogP contribution >= 0.6 is 0 Å². The maximum atomic E-state index is 11.0. The monoisotopic (exact) mass is 244 g/mol. The van der Waals surface area contributed by atoms with Crippen molar-refractivity contribution in [1.82, 2.24) is 0 Å². The number of carbonyl (C=O) groups is 3. The molecule has 0 aliphatic carbocycles. The summed E-state index contributed by atoms with van der Waals surface area (Å²) >= 11 is 0. The summed E-state index contributed by atoms with van der Waals surface area (Å²) in [6.45, 7) is 4.81. The number of aliphatic carboxylic acids is 1. The summed E-state index contributed by atoms with van der Waals surface area (Å²) < 4.78 is 9.12. The standard InChI is InChI=1S/C11H16O6/c1-7(2)11(15)17-5-4-8(10(13)14)6-9(12)16-3/h8H,1,4-6H2,2-3H3,(H,13,14). The molecule has 0 aromatic rings. The van der Waals surface area contributed by atoms with Gasteiger partial charge >= 0.3 is 17.9 Å². The number of hydrogen-bond donors (Lipinski definition) is 1. The molecule has 1 atom stereocenters. The van der Waals surface area contributed by atoms with E-state index in [1.54, 1.807) is 0 Å². The highest BCUT2D eigenvalue weighted by molar-refractivity contribution is 5.87. The third-order valence-electron chi connectivity index (χ3n) is 2.04. The number of ether oxygens (including phenoxy) is 2. The lowest BCUT2D eigenvalue weighted by Gasteiger charge is -2.11. The van der Waals surface area contributed by atoms with Crippen LogP contribution in [0.1, 0.15) is 19.8 Å². The molecule has 1 unspecified atom stereocenters. The van der Waals surface area contributed by atoms with Crippen LogP contribution < -0.4 is 0 Å². The minimum atomic E-state index is -1.12. The van der Waals surface area contributed by atoms with Crippen LogP contribution in [0, 0.1) is 5.92 Å². The SMILES string of the molecule is C=C(C)C(=O)OCCC(CC(=O)OC)C(=O)O. The first-order valence-corrected chi connectivity index (χ1v) is 5.00. The van der Waals surface area contributed by atoms with Crippen molar-refractivity contribution in [2.75, 3.05) is 13.7 Å². The molecule has 96 valence electrons. The fourth-order valence-electron chi connectivity index (χ4n) is 1.01. The molecule has 6 heteroatoms. The molecule has 0 fully saturated rings. The molecule has 1 N–H and O–H groups in total. The van der Waals surface area contributed by atoms with Gasteiger partial charge in [-0.3, -0.25) is 9.59 Å². The Morgan fingerprint density at radius 1 is 1.35 bits per heavy atom. The average Bonchev–Trinajstić information content (AvgIpc) is 2.26. The van der Waals surface area contributed by atoms with Crippen molar-refractivity contribution in [2.24, 2.45) is 5.92 Å². The number of rotatable bonds is 7. The third-order valence-corrected chi connectivity index (χ3v) is 2.04. The molecule has 0 saturated heterocycles. The highest BCUT2D eigenvalue weighted by atomic mass is 16.5. The molecule has 0 aliphatic heterocycles. The lowest BCUT2D eigenvalue weighted by molar-refractivity contribution is -0.151. The highest BCUT2D eigenvalue weighted by Gasteiger charge is 2.22. The van der Waals surface area contributed by atoms with Gasteiger partial charge in [0, 0.05) is 5.57 Å². The smallest absolute Gasteiger partial charge is 0.333 e. The third kappa shape index (κ3) is 6.34. The molecule has 17 heavy (non-hydrogen) atoms. The van der Waals surface area contributed by atoms with E-state index in [-0.39, 0.29) is 25.0 Å². The van der Waals surface area contributed by atoms with Crippen LogP contribution in [0.4, 0.5) is 0 Å². The van der Waals surface area contributed by atoms with Crippen molar-refractivity contribution in [3.63, 3.8) is 0 Å². The van der Waals surface area contributed by atoms with E-state index in [0.717, 1.165) is 0 Å². The van der Waals surface area contributed by atoms with Crippen molar-refractivity contribution in [1.29, 1.82) is 0 Å². The Bertz CT molecular complexity index is 320. The molecule has 0 rings (SSSR count). The minimum Gasteiger partial charge on any atom is -0.481 e. The Morgan fingerprint density at radius 2 is 1.94 bits per heavy atom. The topological polar surface area (TPSA) is 89.9 Å². The maximum absolute atomic E-state index is 11.0. The second kappa shape index (κ2) is 7.43. The largest absolute Gasteiger partial charge is 0.481 e. The summed E-state index contributed by atoms with van der Waals surface area (Å²) in [5.74, 6) is -3.22. The van der Waals surface area contributed by atoms with Crippen LogP contribution in [0.15, 0.2) is 12.2 Å². The Kier molecular flexibility index (Phi) is 6.62. The van der Waals surface area contributed by atoms with Gasteiger partial charge in [-0.15, -0.1) is 0 Å². The summed E-state index contributed by atoms with van der Waals surface area (Å²) in [5.41, 5.74) is 0.241. The van der Waals surface area contributed by atoms with E-state index in [0.29, 0.717) is 0 Å². The van der Waals surface area contributed by atoms with Crippen molar-refractivity contribution in [3.05, 3.63) is 12.2 Å². The molecule has 0 aromatic heterocycles. The van der Waals surface area contributed by atoms with E-state index >= 15 is 0 Å². The van der Waals surface area contributed by atoms with Gasteiger partial charge in [-0.1, -0.05) is 6.58 Å². The normalized spacial score (nSPS) is 11.4. The van der Waals surface area contributed by atoms with Gasteiger partial charge in [0.25, 0.3) is 0 Å². The minimum absolute atomic E-state index is 0.0590. The van der Waals surface area contributed by atoms with Gasteiger partial charge in [0.2, 0.25) is 0 Å². The number of carboxylic acid groups (broad SMARTS) is 1. The first-order chi connectivity index (χ1) is 7.88. The zero-order chi connectivity index (χ0) is 13.4. The van der Waals surface area contributed by atoms with Gasteiger partial charge in [-0.05, 0) is 13.3 Å². The second-order valence-corrected chi connectivity index (χ2v) is 3.52. The highest BCUT2D eigenvalue weighted by Crippen LogP contribution is 2.10. The Morgan fingerprint density at radius 3 is 2.35 bits per heavy atom. The van der Waals surface area contributed by atoms with Crippen molar-refractivity contribution < 1.29 is 29.0 Å². The van der Waals surface area contributed by atoms with Crippen LogP contribution in [-0.2, 0) is 23.9 Å². The predicted octanol–water partition coefficient (Wildman–Crippen LogP) is 0.760. The Hall–Kier alpha value is -1.85. The van der Waals surface area contributed by atoms with Crippen molar-refractivity contribution in [2.45, 2.75) is 19.8 Å². The number of methoxy groups -OCH3 is 1. The van der Waals surface area contributed by atoms with Gasteiger partial charge in [-0.2, -0.15) is 0 Å². The predicted molar refractivity (Wildman–Crippen MR) is 58.1 cm³/mol. The fourth-order valence-corrected chi connectivity index (χ4v) is 1.01. The van der Waals surface area contributed by atoms with Crippen LogP contribution in [0.3, 0.4) is 0 Å². The van der Waals surface area contributed by atoms with Gasteiger partial charge in [0.15, 0.2) is 0 Å². The van der Waals surface area contributed by atoms with Gasteiger partial charge in [0.1, 0.15) is 0 Å². The van der Waals surface area contributed by atoms with Gasteiger partial charge < -0.3 is 14.6 Å². The number of hydrogen-bond acceptors (Lipinski definition) is 5. The van der Waals surface area contributed by atoms with Crippen LogP contribution in [0.2, 0.25) is 0 Å². The van der Waals surface area contributed by atoms with Crippen molar-refractivity contribution in [3.8, 4) is 0 Å². The van der Waals surface area contributed by atoms with E-state index in [4.69, 9.17) is 9.84 Å². The summed E-state index contributed by atoms with van der Waals surface area (Å²) in [6, 6.07) is 0. The Labute approximate surface area is 99.2 Å². The lowest BCUT2D eigenvalue weighted by atomic mass is 10.0. The van der Waals surface area contributed by atoms with Crippen LogP contribution in [-0.4, -0.2) is 36.7 Å². The quantitative estimate of drug-likeness (QED) is 0.525. The molecule has 0 heterocycles. The lowest BCUT2D eigenvalue weighted by Crippen LogP contribution is -2.21. The summed E-state index contributed by atoms with van der Waals surface area (Å²) in [5, 5.41) is 8.83. The van der Waals surface area contributed by atoms with Crippen LogP contribution in [0.25, 0.3) is 0 Å². The van der Waals surface area contributed by atoms with Gasteiger partial charge in [-0.25, -0.2) is 4.79 Å². The molecular weight excluding hydrogens is 228 g/mol. The first-order valence-electron chi connectivity index (χ1n) is 5.00. The molecule has 0 amide bonds. The van der Waals surface area contributed by atoms with E-state index < -0.39 is 23.8 Å². The van der Waals surface area contributed by atoms with Crippen LogP contribution in [0.5, 0.6) is 0 Å². The fraction of sp³-hybridized carbons (Fsp3) is 0.545. The molecule has 0 aromatic carbocycles. The molecule has 0 spiro atoms.